The molecular weight excluding hydrogens is 268 g/mol. The Bertz CT molecular complexity index is 775. The maximum absolute atomic E-state index is 11.0. The minimum atomic E-state index is -0.965. The summed E-state index contributed by atoms with van der Waals surface area (Å²) >= 11 is 0. The zero-order valence-corrected chi connectivity index (χ0v) is 11.5. The monoisotopic (exact) mass is 282 g/mol. The number of aryl methyl sites for hydroxylation is 1. The third-order valence-electron chi connectivity index (χ3n) is 3.22. The van der Waals surface area contributed by atoms with Gasteiger partial charge in [-0.15, -0.1) is 0 Å². The molecule has 3 rings (SSSR count). The Balaban J connectivity index is 1.80. The molecule has 2 aromatic heterocycles. The molecule has 0 saturated heterocycles. The molecule has 1 aromatic carbocycles. The Labute approximate surface area is 121 Å². The maximum atomic E-state index is 11.0. The number of aromatic nitrogens is 2. The molecule has 1 N–H and O–H groups in total. The third-order valence-corrected chi connectivity index (χ3v) is 3.22. The minimum absolute atomic E-state index is 0.214. The molecule has 0 atom stereocenters. The van der Waals surface area contributed by atoms with Gasteiger partial charge in [0.25, 0.3) is 0 Å². The zero-order chi connectivity index (χ0) is 14.8. The van der Waals surface area contributed by atoms with E-state index in [-0.39, 0.29) is 5.56 Å². The second-order valence-electron chi connectivity index (χ2n) is 4.77. The number of carbonyl (C=O) groups is 1. The molecule has 0 aliphatic carbocycles. The summed E-state index contributed by atoms with van der Waals surface area (Å²) in [5.74, 6) is -0.403. The van der Waals surface area contributed by atoms with E-state index in [1.54, 1.807) is 12.1 Å². The van der Waals surface area contributed by atoms with Gasteiger partial charge in [0.15, 0.2) is 0 Å². The molecule has 2 heterocycles. The standard InChI is InChI=1S/C16H14N2O3/c1-11-5-6-12(16(19)20)8-14(11)21-10-13-9-18-7-3-2-4-15(18)17-13/h2-9H,10H2,1H3,(H,19,20). The number of rotatable bonds is 4. The van der Waals surface area contributed by atoms with Crippen LogP contribution in [-0.2, 0) is 6.61 Å². The van der Waals surface area contributed by atoms with Crippen LogP contribution in [0.4, 0.5) is 0 Å². The van der Waals surface area contributed by atoms with E-state index in [2.05, 4.69) is 4.98 Å². The summed E-state index contributed by atoms with van der Waals surface area (Å²) in [6.45, 7) is 2.18. The molecule has 0 amide bonds. The van der Waals surface area contributed by atoms with E-state index in [9.17, 15) is 4.79 Å². The summed E-state index contributed by atoms with van der Waals surface area (Å²) in [5, 5.41) is 9.01. The van der Waals surface area contributed by atoms with Crippen molar-refractivity contribution in [3.8, 4) is 5.75 Å². The number of carboxylic acid groups (broad SMARTS) is 1. The van der Waals surface area contributed by atoms with Crippen LogP contribution in [-0.4, -0.2) is 20.5 Å². The van der Waals surface area contributed by atoms with Crippen molar-refractivity contribution in [3.63, 3.8) is 0 Å². The van der Waals surface area contributed by atoms with E-state index in [0.29, 0.717) is 12.4 Å². The largest absolute Gasteiger partial charge is 0.487 e. The van der Waals surface area contributed by atoms with Gasteiger partial charge in [-0.3, -0.25) is 0 Å². The average molecular weight is 282 g/mol. The van der Waals surface area contributed by atoms with Crippen molar-refractivity contribution < 1.29 is 14.6 Å². The molecule has 0 spiro atoms. The molecule has 3 aromatic rings. The van der Waals surface area contributed by atoms with Crippen molar-refractivity contribution in [1.29, 1.82) is 0 Å². The Morgan fingerprint density at radius 3 is 2.95 bits per heavy atom. The fourth-order valence-corrected chi connectivity index (χ4v) is 2.10. The first kappa shape index (κ1) is 13.2. The van der Waals surface area contributed by atoms with Gasteiger partial charge in [-0.25, -0.2) is 9.78 Å². The lowest BCUT2D eigenvalue weighted by Crippen LogP contribution is -2.01. The molecule has 5 nitrogen and oxygen atoms in total. The number of aromatic carboxylic acids is 1. The molecule has 0 aliphatic heterocycles. The van der Waals surface area contributed by atoms with Gasteiger partial charge in [0.2, 0.25) is 0 Å². The number of benzene rings is 1. The first-order valence-electron chi connectivity index (χ1n) is 6.53. The topological polar surface area (TPSA) is 63.8 Å². The van der Waals surface area contributed by atoms with E-state index < -0.39 is 5.97 Å². The fourth-order valence-electron chi connectivity index (χ4n) is 2.10. The molecule has 5 heteroatoms. The van der Waals surface area contributed by atoms with Crippen LogP contribution in [0.15, 0.2) is 48.8 Å². The molecule has 0 aliphatic rings. The highest BCUT2D eigenvalue weighted by atomic mass is 16.5. The number of fused-ring (bicyclic) bond motifs is 1. The van der Waals surface area contributed by atoms with Crippen molar-refractivity contribution in [2.75, 3.05) is 0 Å². The Kier molecular flexibility index (Phi) is 3.31. The highest BCUT2D eigenvalue weighted by Crippen LogP contribution is 2.21. The van der Waals surface area contributed by atoms with Crippen molar-refractivity contribution in [2.45, 2.75) is 13.5 Å². The number of imidazole rings is 1. The molecule has 0 bridgehead atoms. The van der Waals surface area contributed by atoms with Gasteiger partial charge in [-0.05, 0) is 36.8 Å². The van der Waals surface area contributed by atoms with Crippen LogP contribution in [0.3, 0.4) is 0 Å². The summed E-state index contributed by atoms with van der Waals surface area (Å²) in [6.07, 6.45) is 3.81. The second-order valence-corrected chi connectivity index (χ2v) is 4.77. The predicted octanol–water partition coefficient (Wildman–Crippen LogP) is 2.92. The number of ether oxygens (including phenoxy) is 1. The van der Waals surface area contributed by atoms with Crippen LogP contribution >= 0.6 is 0 Å². The zero-order valence-electron chi connectivity index (χ0n) is 11.5. The molecule has 0 fully saturated rings. The van der Waals surface area contributed by atoms with Gasteiger partial charge in [0.1, 0.15) is 18.0 Å². The van der Waals surface area contributed by atoms with Crippen molar-refractivity contribution in [3.05, 3.63) is 65.6 Å². The smallest absolute Gasteiger partial charge is 0.335 e. The molecule has 0 radical (unpaired) electrons. The summed E-state index contributed by atoms with van der Waals surface area (Å²) in [6, 6.07) is 10.6. The lowest BCUT2D eigenvalue weighted by molar-refractivity contribution is 0.0696. The normalized spacial score (nSPS) is 10.7. The quantitative estimate of drug-likeness (QED) is 0.799. The van der Waals surface area contributed by atoms with Gasteiger partial charge in [-0.1, -0.05) is 12.1 Å². The second kappa shape index (κ2) is 5.28. The SMILES string of the molecule is Cc1ccc(C(=O)O)cc1OCc1cn2ccccc2n1. The van der Waals surface area contributed by atoms with Crippen molar-refractivity contribution in [1.82, 2.24) is 9.38 Å². The highest BCUT2D eigenvalue weighted by Gasteiger charge is 2.08. The van der Waals surface area contributed by atoms with Crippen LogP contribution in [0.2, 0.25) is 0 Å². The minimum Gasteiger partial charge on any atom is -0.487 e. The van der Waals surface area contributed by atoms with E-state index in [0.717, 1.165) is 16.9 Å². The Hall–Kier alpha value is -2.82. The van der Waals surface area contributed by atoms with Crippen molar-refractivity contribution in [2.24, 2.45) is 0 Å². The van der Waals surface area contributed by atoms with Crippen LogP contribution in [0.25, 0.3) is 5.65 Å². The summed E-state index contributed by atoms with van der Waals surface area (Å²) < 4.78 is 7.62. The van der Waals surface area contributed by atoms with Gasteiger partial charge < -0.3 is 14.2 Å². The predicted molar refractivity (Wildman–Crippen MR) is 77.7 cm³/mol. The fraction of sp³-hybridized carbons (Fsp3) is 0.125. The first-order valence-corrected chi connectivity index (χ1v) is 6.53. The lowest BCUT2D eigenvalue weighted by atomic mass is 10.1. The Morgan fingerprint density at radius 1 is 1.33 bits per heavy atom. The third kappa shape index (κ3) is 2.72. The number of hydrogen-bond acceptors (Lipinski definition) is 3. The number of pyridine rings is 1. The maximum Gasteiger partial charge on any atom is 0.335 e. The number of carboxylic acids is 1. The van der Waals surface area contributed by atoms with Crippen molar-refractivity contribution >= 4 is 11.6 Å². The molecule has 0 saturated carbocycles. The lowest BCUT2D eigenvalue weighted by Gasteiger charge is -2.08. The molecule has 0 unspecified atom stereocenters. The van der Waals surface area contributed by atoms with E-state index in [1.807, 2.05) is 41.9 Å². The number of nitrogens with zero attached hydrogens (tertiary/aromatic N) is 2. The van der Waals surface area contributed by atoms with Crippen LogP contribution < -0.4 is 4.74 Å². The van der Waals surface area contributed by atoms with Gasteiger partial charge >= 0.3 is 5.97 Å². The average Bonchev–Trinajstić information content (AvgIpc) is 2.89. The summed E-state index contributed by atoms with van der Waals surface area (Å²) in [5.41, 5.74) is 2.75. The van der Waals surface area contributed by atoms with E-state index in [1.165, 1.54) is 6.07 Å². The molecular formula is C16H14N2O3. The summed E-state index contributed by atoms with van der Waals surface area (Å²) in [4.78, 5) is 15.4. The summed E-state index contributed by atoms with van der Waals surface area (Å²) in [7, 11) is 0. The van der Waals surface area contributed by atoms with Crippen LogP contribution in [0, 0.1) is 6.92 Å². The molecule has 106 valence electrons. The van der Waals surface area contributed by atoms with Crippen LogP contribution in [0.5, 0.6) is 5.75 Å². The van der Waals surface area contributed by atoms with E-state index >= 15 is 0 Å². The van der Waals surface area contributed by atoms with Gasteiger partial charge in [0, 0.05) is 12.4 Å². The molecule has 21 heavy (non-hydrogen) atoms. The highest BCUT2D eigenvalue weighted by molar-refractivity contribution is 5.88. The first-order chi connectivity index (χ1) is 10.1. The van der Waals surface area contributed by atoms with Crippen LogP contribution in [0.1, 0.15) is 21.6 Å². The van der Waals surface area contributed by atoms with Gasteiger partial charge in [0.05, 0.1) is 11.3 Å². The van der Waals surface area contributed by atoms with E-state index in [4.69, 9.17) is 9.84 Å². The van der Waals surface area contributed by atoms with Gasteiger partial charge in [-0.2, -0.15) is 0 Å². The number of hydrogen-bond donors (Lipinski definition) is 1. The Morgan fingerprint density at radius 2 is 2.19 bits per heavy atom.